The summed E-state index contributed by atoms with van der Waals surface area (Å²) in [4.78, 5) is 17.1. The number of ether oxygens (including phenoxy) is 1. The van der Waals surface area contributed by atoms with E-state index in [1.54, 1.807) is 11.0 Å². The Morgan fingerprint density at radius 2 is 2.19 bits per heavy atom. The number of carbonyl (C=O) groups is 1. The highest BCUT2D eigenvalue weighted by molar-refractivity contribution is 6.29. The Labute approximate surface area is 127 Å². The van der Waals surface area contributed by atoms with Crippen molar-refractivity contribution in [2.75, 3.05) is 6.54 Å². The van der Waals surface area contributed by atoms with Gasteiger partial charge in [-0.2, -0.15) is 0 Å². The molecule has 112 valence electrons. The smallest absolute Gasteiger partial charge is 0.410 e. The molecule has 0 radical (unpaired) electrons. The molecule has 2 aromatic heterocycles. The molecule has 6 nitrogen and oxygen atoms in total. The van der Waals surface area contributed by atoms with Crippen molar-refractivity contribution in [3.05, 3.63) is 22.5 Å². The quantitative estimate of drug-likeness (QED) is 0.812. The third-order valence-corrected chi connectivity index (χ3v) is 3.54. The predicted octanol–water partition coefficient (Wildman–Crippen LogP) is 2.90. The summed E-state index contributed by atoms with van der Waals surface area (Å²) in [6.45, 7) is 6.70. The van der Waals surface area contributed by atoms with Crippen LogP contribution >= 0.6 is 11.6 Å². The van der Waals surface area contributed by atoms with Crippen LogP contribution in [0.15, 0.2) is 6.07 Å². The highest BCUT2D eigenvalue weighted by Crippen LogP contribution is 2.28. The van der Waals surface area contributed by atoms with Crippen molar-refractivity contribution in [3.63, 3.8) is 0 Å². The number of halogens is 1. The lowest BCUT2D eigenvalue weighted by Crippen LogP contribution is -2.39. The van der Waals surface area contributed by atoms with Gasteiger partial charge < -0.3 is 14.6 Å². The van der Waals surface area contributed by atoms with Gasteiger partial charge in [-0.25, -0.2) is 4.79 Å². The van der Waals surface area contributed by atoms with Crippen molar-refractivity contribution in [1.82, 2.24) is 20.1 Å². The van der Waals surface area contributed by atoms with Crippen LogP contribution < -0.4 is 0 Å². The van der Waals surface area contributed by atoms with Crippen molar-refractivity contribution in [3.8, 4) is 0 Å². The van der Waals surface area contributed by atoms with Gasteiger partial charge in [0.25, 0.3) is 0 Å². The summed E-state index contributed by atoms with van der Waals surface area (Å²) in [7, 11) is 0. The van der Waals surface area contributed by atoms with Gasteiger partial charge >= 0.3 is 6.09 Å². The molecule has 3 heterocycles. The van der Waals surface area contributed by atoms with Crippen LogP contribution in [-0.2, 0) is 17.7 Å². The minimum absolute atomic E-state index is 0.296. The molecule has 7 heteroatoms. The number of fused-ring (bicyclic) bond motifs is 3. The van der Waals surface area contributed by atoms with Gasteiger partial charge in [0.1, 0.15) is 5.60 Å². The molecule has 1 aliphatic heterocycles. The van der Waals surface area contributed by atoms with Crippen LogP contribution in [-0.4, -0.2) is 38.3 Å². The standard InChI is InChI=1S/C14H17ClN4O2/c1-14(2,3)21-13(20)19-5-4-10-9(7-19)8-6-11(15)17-18-12(8)16-10/h6H,4-5,7H2,1-3H3,(H,16,18). The van der Waals surface area contributed by atoms with Gasteiger partial charge in [-0.15, -0.1) is 10.2 Å². The second-order valence-corrected chi connectivity index (χ2v) is 6.55. The van der Waals surface area contributed by atoms with Crippen molar-refractivity contribution in [2.24, 2.45) is 0 Å². The van der Waals surface area contributed by atoms with E-state index in [0.717, 1.165) is 23.1 Å². The van der Waals surface area contributed by atoms with E-state index in [4.69, 9.17) is 16.3 Å². The van der Waals surface area contributed by atoms with E-state index in [0.29, 0.717) is 23.9 Å². The third-order valence-electron chi connectivity index (χ3n) is 3.36. The summed E-state index contributed by atoms with van der Waals surface area (Å²) in [5.41, 5.74) is 2.34. The summed E-state index contributed by atoms with van der Waals surface area (Å²) in [5, 5.41) is 9.14. The lowest BCUT2D eigenvalue weighted by atomic mass is 10.1. The van der Waals surface area contributed by atoms with Gasteiger partial charge in [0.2, 0.25) is 0 Å². The van der Waals surface area contributed by atoms with Crippen LogP contribution in [0.1, 0.15) is 32.0 Å². The minimum Gasteiger partial charge on any atom is -0.444 e. The second kappa shape index (κ2) is 4.87. The highest BCUT2D eigenvalue weighted by atomic mass is 35.5. The molecule has 3 rings (SSSR count). The van der Waals surface area contributed by atoms with E-state index in [-0.39, 0.29) is 6.09 Å². The van der Waals surface area contributed by atoms with E-state index >= 15 is 0 Å². The number of amides is 1. The first-order chi connectivity index (χ1) is 9.83. The summed E-state index contributed by atoms with van der Waals surface area (Å²) < 4.78 is 5.43. The number of H-pyrrole nitrogens is 1. The molecular formula is C14H17ClN4O2. The van der Waals surface area contributed by atoms with E-state index in [9.17, 15) is 4.79 Å². The summed E-state index contributed by atoms with van der Waals surface area (Å²) in [6.07, 6.45) is 0.443. The Morgan fingerprint density at radius 3 is 2.90 bits per heavy atom. The zero-order valence-electron chi connectivity index (χ0n) is 12.2. The molecule has 1 N–H and O–H groups in total. The Hall–Kier alpha value is -1.82. The van der Waals surface area contributed by atoms with Gasteiger partial charge in [-0.1, -0.05) is 11.6 Å². The predicted molar refractivity (Wildman–Crippen MR) is 79.2 cm³/mol. The average Bonchev–Trinajstić information content (AvgIpc) is 2.74. The number of hydrogen-bond acceptors (Lipinski definition) is 4. The molecule has 0 fully saturated rings. The van der Waals surface area contributed by atoms with Crippen molar-refractivity contribution >= 4 is 28.7 Å². The molecule has 1 aliphatic rings. The number of hydrogen-bond donors (Lipinski definition) is 1. The molecule has 0 aliphatic carbocycles. The number of aromatic nitrogens is 3. The maximum atomic E-state index is 12.2. The Bertz CT molecular complexity index is 705. The largest absolute Gasteiger partial charge is 0.444 e. The first kappa shape index (κ1) is 14.1. The van der Waals surface area contributed by atoms with E-state index in [1.165, 1.54) is 0 Å². The van der Waals surface area contributed by atoms with Crippen LogP contribution in [0.3, 0.4) is 0 Å². The van der Waals surface area contributed by atoms with Crippen LogP contribution in [0, 0.1) is 0 Å². The number of rotatable bonds is 0. The normalized spacial score (nSPS) is 15.1. The van der Waals surface area contributed by atoms with Crippen molar-refractivity contribution < 1.29 is 9.53 Å². The molecule has 1 amide bonds. The van der Waals surface area contributed by atoms with Crippen LogP contribution in [0.25, 0.3) is 11.0 Å². The van der Waals surface area contributed by atoms with Gasteiger partial charge in [0, 0.05) is 29.6 Å². The van der Waals surface area contributed by atoms with Gasteiger partial charge in [-0.05, 0) is 26.8 Å². The Balaban J connectivity index is 1.89. The number of aromatic amines is 1. The molecule has 0 aromatic carbocycles. The monoisotopic (exact) mass is 308 g/mol. The Kier molecular flexibility index (Phi) is 3.28. The average molecular weight is 309 g/mol. The second-order valence-electron chi connectivity index (χ2n) is 6.16. The summed E-state index contributed by atoms with van der Waals surface area (Å²) >= 11 is 5.91. The van der Waals surface area contributed by atoms with Gasteiger partial charge in [0.05, 0.1) is 6.54 Å². The van der Waals surface area contributed by atoms with E-state index < -0.39 is 5.60 Å². The lowest BCUT2D eigenvalue weighted by Gasteiger charge is -2.30. The molecule has 0 spiro atoms. The minimum atomic E-state index is -0.494. The first-order valence-corrected chi connectivity index (χ1v) is 7.22. The third kappa shape index (κ3) is 2.81. The maximum absolute atomic E-state index is 12.2. The molecule has 0 saturated carbocycles. The zero-order valence-corrected chi connectivity index (χ0v) is 13.0. The molecule has 21 heavy (non-hydrogen) atoms. The van der Waals surface area contributed by atoms with Crippen molar-refractivity contribution in [1.29, 1.82) is 0 Å². The molecule has 0 unspecified atom stereocenters. The van der Waals surface area contributed by atoms with E-state index in [1.807, 2.05) is 20.8 Å². The fraction of sp³-hybridized carbons (Fsp3) is 0.500. The maximum Gasteiger partial charge on any atom is 0.410 e. The van der Waals surface area contributed by atoms with Crippen LogP contribution in [0.5, 0.6) is 0 Å². The van der Waals surface area contributed by atoms with Crippen LogP contribution in [0.2, 0.25) is 5.15 Å². The molecular weight excluding hydrogens is 292 g/mol. The summed E-state index contributed by atoms with van der Waals surface area (Å²) in [6, 6.07) is 1.78. The van der Waals surface area contributed by atoms with Gasteiger partial charge in [0.15, 0.2) is 10.8 Å². The summed E-state index contributed by atoms with van der Waals surface area (Å²) in [5.74, 6) is 0. The topological polar surface area (TPSA) is 71.1 Å². The SMILES string of the molecule is CC(C)(C)OC(=O)N1CCc2[nH]c3nnc(Cl)cc3c2C1. The van der Waals surface area contributed by atoms with Crippen LogP contribution in [0.4, 0.5) is 4.79 Å². The Morgan fingerprint density at radius 1 is 1.43 bits per heavy atom. The fourth-order valence-corrected chi connectivity index (χ4v) is 2.61. The zero-order chi connectivity index (χ0) is 15.2. The molecule has 0 bridgehead atoms. The fourth-order valence-electron chi connectivity index (χ4n) is 2.46. The molecule has 0 atom stereocenters. The molecule has 0 saturated heterocycles. The van der Waals surface area contributed by atoms with Gasteiger partial charge in [-0.3, -0.25) is 0 Å². The highest BCUT2D eigenvalue weighted by Gasteiger charge is 2.28. The van der Waals surface area contributed by atoms with Crippen molar-refractivity contribution in [2.45, 2.75) is 39.3 Å². The number of nitrogens with zero attached hydrogens (tertiary/aromatic N) is 3. The first-order valence-electron chi connectivity index (χ1n) is 6.84. The van der Waals surface area contributed by atoms with E-state index in [2.05, 4.69) is 15.2 Å². The molecule has 2 aromatic rings. The number of nitrogens with one attached hydrogen (secondary N) is 1. The lowest BCUT2D eigenvalue weighted by molar-refractivity contribution is 0.0224. The number of carbonyl (C=O) groups excluding carboxylic acids is 1.